The summed E-state index contributed by atoms with van der Waals surface area (Å²) < 4.78 is 13.1. The molecule has 18 heavy (non-hydrogen) atoms. The van der Waals surface area contributed by atoms with Crippen LogP contribution in [0.1, 0.15) is 36.0 Å². The number of aromatic nitrogens is 1. The summed E-state index contributed by atoms with van der Waals surface area (Å²) in [6, 6.07) is 2.36. The van der Waals surface area contributed by atoms with Crippen molar-refractivity contribution in [2.75, 3.05) is 7.05 Å². The molecule has 2 saturated heterocycles. The number of carbonyl (C=O) groups excluding carboxylic acids is 1. The molecular formula is C14H17FN2O. The number of nitrogens with zero attached hydrogens (tertiary/aromatic N) is 2. The van der Waals surface area contributed by atoms with Gasteiger partial charge >= 0.3 is 0 Å². The molecule has 1 aromatic rings. The second kappa shape index (κ2) is 4.43. The maximum atomic E-state index is 13.1. The molecule has 2 atom stereocenters. The van der Waals surface area contributed by atoms with E-state index >= 15 is 0 Å². The summed E-state index contributed by atoms with van der Waals surface area (Å²) in [5.74, 6) is -0.328. The first-order valence-electron chi connectivity index (χ1n) is 6.52. The van der Waals surface area contributed by atoms with Crippen molar-refractivity contribution in [2.45, 2.75) is 37.8 Å². The lowest BCUT2D eigenvalue weighted by Gasteiger charge is -2.35. The molecule has 0 amide bonds. The van der Waals surface area contributed by atoms with Crippen LogP contribution in [0.15, 0.2) is 18.5 Å². The van der Waals surface area contributed by atoms with E-state index in [4.69, 9.17) is 0 Å². The number of hydrogen-bond acceptors (Lipinski definition) is 3. The van der Waals surface area contributed by atoms with Gasteiger partial charge < -0.3 is 4.90 Å². The third-order valence-electron chi connectivity index (χ3n) is 4.46. The first-order valence-corrected chi connectivity index (χ1v) is 6.52. The van der Waals surface area contributed by atoms with Gasteiger partial charge in [-0.3, -0.25) is 9.78 Å². The molecule has 2 fully saturated rings. The molecule has 2 aliphatic heterocycles. The molecular weight excluding hydrogens is 231 g/mol. The van der Waals surface area contributed by atoms with Crippen LogP contribution < -0.4 is 0 Å². The zero-order chi connectivity index (χ0) is 12.7. The average molecular weight is 248 g/mol. The second-order valence-corrected chi connectivity index (χ2v) is 5.47. The van der Waals surface area contributed by atoms with Gasteiger partial charge in [-0.25, -0.2) is 4.39 Å². The molecule has 0 N–H and O–H groups in total. The van der Waals surface area contributed by atoms with E-state index in [1.807, 2.05) is 0 Å². The standard InChI is InChI=1S/C14H17FN2O/c1-17-12-2-3-13(17)6-9(5-12)14(18)10-4-11(15)8-16-7-10/h4,7-9,12-13H,2-3,5-6H2,1H3. The lowest BCUT2D eigenvalue weighted by Crippen LogP contribution is -2.42. The summed E-state index contributed by atoms with van der Waals surface area (Å²) in [5.41, 5.74) is 0.420. The Bertz CT molecular complexity index is 463. The molecule has 0 saturated carbocycles. The first kappa shape index (κ1) is 11.8. The number of hydrogen-bond donors (Lipinski definition) is 0. The predicted molar refractivity (Wildman–Crippen MR) is 65.8 cm³/mol. The Labute approximate surface area is 106 Å². The van der Waals surface area contributed by atoms with E-state index in [-0.39, 0.29) is 11.7 Å². The van der Waals surface area contributed by atoms with Crippen LogP contribution in [0.2, 0.25) is 0 Å². The monoisotopic (exact) mass is 248 g/mol. The Morgan fingerprint density at radius 1 is 1.33 bits per heavy atom. The van der Waals surface area contributed by atoms with Crippen molar-refractivity contribution in [1.82, 2.24) is 9.88 Å². The lowest BCUT2D eigenvalue weighted by atomic mass is 9.85. The molecule has 2 aliphatic rings. The molecule has 0 aliphatic carbocycles. The first-order chi connectivity index (χ1) is 8.65. The summed E-state index contributed by atoms with van der Waals surface area (Å²) >= 11 is 0. The smallest absolute Gasteiger partial charge is 0.167 e. The normalized spacial score (nSPS) is 31.6. The Hall–Kier alpha value is -1.29. The number of fused-ring (bicyclic) bond motifs is 2. The van der Waals surface area contributed by atoms with E-state index in [9.17, 15) is 9.18 Å². The van der Waals surface area contributed by atoms with Crippen LogP contribution in [0.25, 0.3) is 0 Å². The SMILES string of the molecule is CN1C2CCC1CC(C(=O)c1cncc(F)c1)C2. The predicted octanol–water partition coefficient (Wildman–Crippen LogP) is 2.28. The van der Waals surface area contributed by atoms with Gasteiger partial charge in [0.25, 0.3) is 0 Å². The quantitative estimate of drug-likeness (QED) is 0.753. The average Bonchev–Trinajstić information content (AvgIpc) is 2.61. The van der Waals surface area contributed by atoms with E-state index in [0.29, 0.717) is 17.6 Å². The summed E-state index contributed by atoms with van der Waals surface area (Å²) in [6.45, 7) is 0. The van der Waals surface area contributed by atoms with Crippen LogP contribution in [0.3, 0.4) is 0 Å². The van der Waals surface area contributed by atoms with Crippen molar-refractivity contribution in [3.63, 3.8) is 0 Å². The molecule has 1 aromatic heterocycles. The molecule has 0 aromatic carbocycles. The van der Waals surface area contributed by atoms with Crippen LogP contribution in [-0.2, 0) is 0 Å². The number of ketones is 1. The van der Waals surface area contributed by atoms with Gasteiger partial charge in [0.1, 0.15) is 5.82 Å². The highest BCUT2D eigenvalue weighted by molar-refractivity contribution is 5.97. The molecule has 3 nitrogen and oxygen atoms in total. The van der Waals surface area contributed by atoms with Gasteiger partial charge in [-0.1, -0.05) is 0 Å². The Kier molecular flexibility index (Phi) is 2.90. The molecule has 2 unspecified atom stereocenters. The Balaban J connectivity index is 1.78. The van der Waals surface area contributed by atoms with Crippen LogP contribution in [0.4, 0.5) is 4.39 Å². The fourth-order valence-electron chi connectivity index (χ4n) is 3.41. The minimum absolute atomic E-state index is 0.0438. The third-order valence-corrected chi connectivity index (χ3v) is 4.46. The van der Waals surface area contributed by atoms with Crippen molar-refractivity contribution >= 4 is 5.78 Å². The van der Waals surface area contributed by atoms with Crippen LogP contribution in [-0.4, -0.2) is 34.8 Å². The summed E-state index contributed by atoms with van der Waals surface area (Å²) in [5, 5.41) is 0. The highest BCUT2D eigenvalue weighted by atomic mass is 19.1. The summed E-state index contributed by atoms with van der Waals surface area (Å²) in [6.07, 6.45) is 6.80. The summed E-state index contributed by atoms with van der Waals surface area (Å²) in [4.78, 5) is 18.5. The van der Waals surface area contributed by atoms with Crippen LogP contribution in [0, 0.1) is 11.7 Å². The number of carbonyl (C=O) groups is 1. The van der Waals surface area contributed by atoms with Gasteiger partial charge in [0.15, 0.2) is 5.78 Å². The number of rotatable bonds is 2. The van der Waals surface area contributed by atoms with Gasteiger partial charge in [-0.15, -0.1) is 0 Å². The van der Waals surface area contributed by atoms with Crippen LogP contribution in [0.5, 0.6) is 0 Å². The van der Waals surface area contributed by atoms with Crippen molar-refractivity contribution in [2.24, 2.45) is 5.92 Å². The van der Waals surface area contributed by atoms with Crippen molar-refractivity contribution in [3.8, 4) is 0 Å². The molecule has 96 valence electrons. The van der Waals surface area contributed by atoms with E-state index in [0.717, 1.165) is 19.0 Å². The number of piperidine rings is 1. The highest BCUT2D eigenvalue weighted by Gasteiger charge is 2.40. The molecule has 2 bridgehead atoms. The maximum absolute atomic E-state index is 13.1. The van der Waals surface area contributed by atoms with E-state index in [1.54, 1.807) is 0 Å². The van der Waals surface area contributed by atoms with Crippen molar-refractivity contribution in [3.05, 3.63) is 29.8 Å². The minimum Gasteiger partial charge on any atom is -0.300 e. The third kappa shape index (κ3) is 1.94. The van der Waals surface area contributed by atoms with Crippen LogP contribution >= 0.6 is 0 Å². The lowest BCUT2D eigenvalue weighted by molar-refractivity contribution is 0.0766. The fourth-order valence-corrected chi connectivity index (χ4v) is 3.41. The summed E-state index contributed by atoms with van der Waals surface area (Å²) in [7, 11) is 2.15. The maximum Gasteiger partial charge on any atom is 0.167 e. The zero-order valence-electron chi connectivity index (χ0n) is 10.5. The largest absolute Gasteiger partial charge is 0.300 e. The minimum atomic E-state index is -0.434. The van der Waals surface area contributed by atoms with Crippen molar-refractivity contribution in [1.29, 1.82) is 0 Å². The molecule has 0 radical (unpaired) electrons. The Morgan fingerprint density at radius 2 is 2.00 bits per heavy atom. The Morgan fingerprint density at radius 3 is 2.61 bits per heavy atom. The molecule has 0 spiro atoms. The van der Waals surface area contributed by atoms with Gasteiger partial charge in [-0.05, 0) is 38.8 Å². The van der Waals surface area contributed by atoms with Gasteiger partial charge in [0.2, 0.25) is 0 Å². The van der Waals surface area contributed by atoms with E-state index < -0.39 is 5.82 Å². The highest BCUT2D eigenvalue weighted by Crippen LogP contribution is 2.38. The van der Waals surface area contributed by atoms with E-state index in [1.165, 1.54) is 25.1 Å². The van der Waals surface area contributed by atoms with Gasteiger partial charge in [0, 0.05) is 29.8 Å². The van der Waals surface area contributed by atoms with Gasteiger partial charge in [-0.2, -0.15) is 0 Å². The number of halogens is 1. The molecule has 4 heteroatoms. The molecule has 3 rings (SSSR count). The van der Waals surface area contributed by atoms with E-state index in [2.05, 4.69) is 16.9 Å². The number of Topliss-reactive ketones (excluding diaryl/α,β-unsaturated/α-hetero) is 1. The zero-order valence-corrected chi connectivity index (χ0v) is 10.5. The number of pyridine rings is 1. The van der Waals surface area contributed by atoms with Gasteiger partial charge in [0.05, 0.1) is 6.20 Å². The second-order valence-electron chi connectivity index (χ2n) is 5.47. The molecule has 3 heterocycles. The topological polar surface area (TPSA) is 33.2 Å². The van der Waals surface area contributed by atoms with Crippen molar-refractivity contribution < 1.29 is 9.18 Å². The fraction of sp³-hybridized carbons (Fsp3) is 0.571.